The van der Waals surface area contributed by atoms with E-state index in [0.29, 0.717) is 17.7 Å². The zero-order valence-electron chi connectivity index (χ0n) is 25.5. The molecular formula is C35H40N4O4. The number of alkyl carbamates (subject to hydrolysis) is 1. The Morgan fingerprint density at radius 3 is 2.42 bits per heavy atom. The average Bonchev–Trinajstić information content (AvgIpc) is 3.40. The molecule has 0 aliphatic rings. The number of H-pyrrole nitrogens is 1. The molecule has 8 heteroatoms. The number of hydrogen-bond donors (Lipinski definition) is 3. The number of nitrogens with one attached hydrogen (secondary N) is 3. The molecule has 0 bridgehead atoms. The molecule has 8 nitrogen and oxygen atoms in total. The Bertz CT molecular complexity index is 1590. The predicted octanol–water partition coefficient (Wildman–Crippen LogP) is 7.40. The second-order valence-corrected chi connectivity index (χ2v) is 11.6. The van der Waals surface area contributed by atoms with Crippen LogP contribution in [0.4, 0.5) is 10.5 Å². The fourth-order valence-corrected chi connectivity index (χ4v) is 5.01. The molecule has 43 heavy (non-hydrogen) atoms. The van der Waals surface area contributed by atoms with Crippen LogP contribution >= 0.6 is 0 Å². The lowest BCUT2D eigenvalue weighted by molar-refractivity contribution is 0.0501. The molecule has 0 saturated carbocycles. The van der Waals surface area contributed by atoms with Gasteiger partial charge >= 0.3 is 12.1 Å². The summed E-state index contributed by atoms with van der Waals surface area (Å²) < 4.78 is 10.6. The number of aromatic nitrogens is 1. The molecule has 0 saturated heterocycles. The van der Waals surface area contributed by atoms with Gasteiger partial charge in [-0.25, -0.2) is 9.59 Å². The van der Waals surface area contributed by atoms with Gasteiger partial charge in [-0.3, -0.25) is 0 Å². The van der Waals surface area contributed by atoms with Crippen LogP contribution in [0.2, 0.25) is 0 Å². The highest BCUT2D eigenvalue weighted by Gasteiger charge is 2.28. The first-order valence-corrected chi connectivity index (χ1v) is 14.6. The molecule has 4 rings (SSSR count). The topological polar surface area (TPSA) is 116 Å². The normalized spacial score (nSPS) is 12.7. The largest absolute Gasteiger partial charge is 0.465 e. The van der Waals surface area contributed by atoms with Gasteiger partial charge in [0.25, 0.3) is 0 Å². The van der Waals surface area contributed by atoms with Gasteiger partial charge in [0.2, 0.25) is 0 Å². The van der Waals surface area contributed by atoms with Gasteiger partial charge in [0.15, 0.2) is 0 Å². The number of aryl methyl sites for hydroxylation is 1. The minimum Gasteiger partial charge on any atom is -0.465 e. The summed E-state index contributed by atoms with van der Waals surface area (Å²) in [5.41, 5.74) is 4.98. The van der Waals surface area contributed by atoms with Crippen LogP contribution in [0.1, 0.15) is 62.0 Å². The Balaban J connectivity index is 1.65. The lowest BCUT2D eigenvalue weighted by atomic mass is 9.97. The van der Waals surface area contributed by atoms with E-state index in [1.807, 2.05) is 36.5 Å². The number of aromatic amines is 1. The molecule has 1 amide bonds. The molecule has 2 atom stereocenters. The Labute approximate surface area is 253 Å². The quantitative estimate of drug-likeness (QED) is 0.159. The van der Waals surface area contributed by atoms with Crippen molar-refractivity contribution in [2.24, 2.45) is 0 Å². The lowest BCUT2D eigenvalue weighted by Crippen LogP contribution is -2.49. The van der Waals surface area contributed by atoms with Crippen molar-refractivity contribution < 1.29 is 19.1 Å². The van der Waals surface area contributed by atoms with E-state index < -0.39 is 29.7 Å². The van der Waals surface area contributed by atoms with Crippen LogP contribution in [0, 0.1) is 11.3 Å². The van der Waals surface area contributed by atoms with Gasteiger partial charge in [0.05, 0.1) is 24.8 Å². The first kappa shape index (κ1) is 31.2. The number of unbranched alkanes of at least 4 members (excludes halogenated alkanes) is 1. The Kier molecular flexibility index (Phi) is 10.1. The van der Waals surface area contributed by atoms with Crippen LogP contribution in [-0.4, -0.2) is 41.8 Å². The maximum absolute atomic E-state index is 12.9. The van der Waals surface area contributed by atoms with Crippen molar-refractivity contribution in [2.75, 3.05) is 12.4 Å². The molecule has 1 aromatic heterocycles. The standard InChI is InChI=1S/C35H40N4O4/c1-6-7-10-23-13-15-24(16-14-23)25-17-18-30(28(19-25)33(40)42-5)38-32(21-36)31(39-34(41)43-35(2,3)4)20-26-22-37-29-12-9-8-11-27(26)29/h8-9,11-19,22,31-32,37-38H,6-7,10,20H2,1-5H3,(H,39,41). The highest BCUT2D eigenvalue weighted by molar-refractivity contribution is 5.97. The zero-order chi connectivity index (χ0) is 31.0. The summed E-state index contributed by atoms with van der Waals surface area (Å²) in [5, 5.41) is 17.4. The molecule has 2 unspecified atom stereocenters. The summed E-state index contributed by atoms with van der Waals surface area (Å²) in [6.07, 6.45) is 4.88. The van der Waals surface area contributed by atoms with Crippen LogP contribution in [0.25, 0.3) is 22.0 Å². The number of amides is 1. The van der Waals surface area contributed by atoms with Crippen LogP contribution in [0.3, 0.4) is 0 Å². The fraction of sp³-hybridized carbons (Fsp3) is 0.343. The molecule has 4 aromatic rings. The van der Waals surface area contributed by atoms with E-state index in [9.17, 15) is 14.9 Å². The van der Waals surface area contributed by atoms with Crippen molar-refractivity contribution in [1.29, 1.82) is 5.26 Å². The monoisotopic (exact) mass is 580 g/mol. The van der Waals surface area contributed by atoms with E-state index in [0.717, 1.165) is 46.9 Å². The molecule has 3 aromatic carbocycles. The number of rotatable bonds is 11. The van der Waals surface area contributed by atoms with Crippen LogP contribution in [0.5, 0.6) is 0 Å². The van der Waals surface area contributed by atoms with Gasteiger partial charge in [-0.15, -0.1) is 0 Å². The number of fused-ring (bicyclic) bond motifs is 1. The van der Waals surface area contributed by atoms with E-state index in [-0.39, 0.29) is 0 Å². The number of carbonyl (C=O) groups is 2. The predicted molar refractivity (Wildman–Crippen MR) is 170 cm³/mol. The average molecular weight is 581 g/mol. The smallest absolute Gasteiger partial charge is 0.407 e. The van der Waals surface area contributed by atoms with Crippen molar-refractivity contribution in [3.8, 4) is 17.2 Å². The van der Waals surface area contributed by atoms with Crippen LogP contribution in [-0.2, 0) is 22.3 Å². The molecule has 0 fully saturated rings. The number of esters is 1. The van der Waals surface area contributed by atoms with Gasteiger partial charge in [-0.05, 0) is 80.5 Å². The number of nitriles is 1. The maximum atomic E-state index is 12.9. The number of hydrogen-bond acceptors (Lipinski definition) is 6. The summed E-state index contributed by atoms with van der Waals surface area (Å²) in [4.78, 5) is 29.1. The van der Waals surface area contributed by atoms with Crippen molar-refractivity contribution in [3.63, 3.8) is 0 Å². The molecule has 0 spiro atoms. The van der Waals surface area contributed by atoms with E-state index in [4.69, 9.17) is 9.47 Å². The molecule has 0 aliphatic carbocycles. The molecule has 1 heterocycles. The molecule has 3 N–H and O–H groups in total. The summed E-state index contributed by atoms with van der Waals surface area (Å²) in [5.74, 6) is -0.533. The number of benzene rings is 3. The Morgan fingerprint density at radius 2 is 1.74 bits per heavy atom. The van der Waals surface area contributed by atoms with E-state index >= 15 is 0 Å². The Hall–Kier alpha value is -4.77. The van der Waals surface area contributed by atoms with Crippen LogP contribution in [0.15, 0.2) is 72.9 Å². The highest BCUT2D eigenvalue weighted by atomic mass is 16.6. The maximum Gasteiger partial charge on any atom is 0.407 e. The van der Waals surface area contributed by atoms with Crippen LogP contribution < -0.4 is 10.6 Å². The molecular weight excluding hydrogens is 540 g/mol. The van der Waals surface area contributed by atoms with Gasteiger partial charge in [0.1, 0.15) is 11.6 Å². The minimum atomic E-state index is -0.909. The zero-order valence-corrected chi connectivity index (χ0v) is 25.5. The second kappa shape index (κ2) is 13.9. The summed E-state index contributed by atoms with van der Waals surface area (Å²) in [6.45, 7) is 7.52. The summed E-state index contributed by atoms with van der Waals surface area (Å²) in [6, 6.07) is 22.3. The summed E-state index contributed by atoms with van der Waals surface area (Å²) in [7, 11) is 1.33. The van der Waals surface area contributed by atoms with Crippen molar-refractivity contribution in [3.05, 3.63) is 89.6 Å². The van der Waals surface area contributed by atoms with Gasteiger partial charge in [-0.1, -0.05) is 61.9 Å². The lowest BCUT2D eigenvalue weighted by Gasteiger charge is -2.27. The number of anilines is 1. The number of carbonyl (C=O) groups excluding carboxylic acids is 2. The second-order valence-electron chi connectivity index (χ2n) is 11.6. The van der Waals surface area contributed by atoms with E-state index in [1.165, 1.54) is 12.7 Å². The number of ether oxygens (including phenoxy) is 2. The third kappa shape index (κ3) is 8.16. The third-order valence-electron chi connectivity index (χ3n) is 7.20. The highest BCUT2D eigenvalue weighted by Crippen LogP contribution is 2.28. The minimum absolute atomic E-state index is 0.290. The van der Waals surface area contributed by atoms with E-state index in [1.54, 1.807) is 32.9 Å². The van der Waals surface area contributed by atoms with Crippen molar-refractivity contribution in [1.82, 2.24) is 10.3 Å². The Morgan fingerprint density at radius 1 is 1.02 bits per heavy atom. The van der Waals surface area contributed by atoms with Gasteiger partial charge in [-0.2, -0.15) is 5.26 Å². The number of para-hydroxylation sites is 1. The number of methoxy groups -OCH3 is 1. The fourth-order valence-electron chi connectivity index (χ4n) is 5.01. The first-order chi connectivity index (χ1) is 20.6. The molecule has 0 radical (unpaired) electrons. The molecule has 0 aliphatic heterocycles. The van der Waals surface area contributed by atoms with Gasteiger partial charge in [0, 0.05) is 22.8 Å². The summed E-state index contributed by atoms with van der Waals surface area (Å²) >= 11 is 0. The SMILES string of the molecule is CCCCc1ccc(-c2ccc(NC(C#N)C(Cc3c[nH]c4ccccc34)NC(=O)OC(C)(C)C)c(C(=O)OC)c2)cc1. The van der Waals surface area contributed by atoms with Crippen molar-refractivity contribution >= 4 is 28.7 Å². The number of nitrogens with zero attached hydrogens (tertiary/aromatic N) is 1. The molecule has 224 valence electrons. The van der Waals surface area contributed by atoms with Crippen molar-refractivity contribution in [2.45, 2.75) is 71.1 Å². The van der Waals surface area contributed by atoms with E-state index in [2.05, 4.69) is 52.9 Å². The van der Waals surface area contributed by atoms with Gasteiger partial charge < -0.3 is 25.1 Å². The first-order valence-electron chi connectivity index (χ1n) is 14.6. The third-order valence-corrected chi connectivity index (χ3v) is 7.20.